The summed E-state index contributed by atoms with van der Waals surface area (Å²) in [5.74, 6) is 0.702. The van der Waals surface area contributed by atoms with Crippen molar-refractivity contribution < 1.29 is 4.79 Å². The molecule has 1 saturated heterocycles. The van der Waals surface area contributed by atoms with Crippen molar-refractivity contribution in [3.8, 4) is 0 Å². The lowest BCUT2D eigenvalue weighted by molar-refractivity contribution is -0.128. The molecule has 1 aliphatic carbocycles. The second-order valence-electron chi connectivity index (χ2n) is 6.94. The third-order valence-electron chi connectivity index (χ3n) is 5.50. The second kappa shape index (κ2) is 6.17. The molecule has 0 bridgehead atoms. The van der Waals surface area contributed by atoms with E-state index in [4.69, 9.17) is 0 Å². The van der Waals surface area contributed by atoms with Crippen molar-refractivity contribution in [1.82, 2.24) is 10.3 Å². The van der Waals surface area contributed by atoms with Crippen LogP contribution in [0.25, 0.3) is 10.9 Å². The monoisotopic (exact) mass is 333 g/mol. The molecule has 0 radical (unpaired) electrons. The predicted molar refractivity (Wildman–Crippen MR) is 96.2 cm³/mol. The van der Waals surface area contributed by atoms with Crippen molar-refractivity contribution in [2.75, 3.05) is 18.4 Å². The van der Waals surface area contributed by atoms with Crippen LogP contribution >= 0.6 is 12.4 Å². The van der Waals surface area contributed by atoms with Gasteiger partial charge in [-0.05, 0) is 56.5 Å². The van der Waals surface area contributed by atoms with Crippen LogP contribution in [0.4, 0.5) is 5.69 Å². The molecule has 2 fully saturated rings. The Morgan fingerprint density at radius 3 is 3.04 bits per heavy atom. The zero-order chi connectivity index (χ0) is 15.2. The van der Waals surface area contributed by atoms with E-state index >= 15 is 0 Å². The summed E-state index contributed by atoms with van der Waals surface area (Å²) in [6.45, 7) is 3.87. The topological polar surface area (TPSA) is 56.9 Å². The van der Waals surface area contributed by atoms with Crippen LogP contribution < -0.4 is 10.6 Å². The molecule has 4 rings (SSSR count). The molecular formula is C18H24ClN3O. The summed E-state index contributed by atoms with van der Waals surface area (Å²) in [7, 11) is 0. The predicted octanol–water partition coefficient (Wildman–Crippen LogP) is 3.62. The third kappa shape index (κ3) is 2.74. The molecule has 5 heteroatoms. The molecule has 1 saturated carbocycles. The van der Waals surface area contributed by atoms with Gasteiger partial charge in [-0.25, -0.2) is 0 Å². The van der Waals surface area contributed by atoms with Crippen molar-refractivity contribution in [2.45, 2.75) is 32.6 Å². The number of fused-ring (bicyclic) bond motifs is 2. The quantitative estimate of drug-likeness (QED) is 0.786. The molecule has 1 amide bonds. The minimum absolute atomic E-state index is 0. The van der Waals surface area contributed by atoms with Crippen LogP contribution in [0.1, 0.15) is 31.4 Å². The van der Waals surface area contributed by atoms with Crippen molar-refractivity contribution in [3.63, 3.8) is 0 Å². The molecule has 2 atom stereocenters. The molecular weight excluding hydrogens is 310 g/mol. The number of hydrogen-bond donors (Lipinski definition) is 3. The molecule has 3 N–H and O–H groups in total. The number of H-pyrrole nitrogens is 1. The fourth-order valence-electron chi connectivity index (χ4n) is 4.30. The average Bonchev–Trinajstić information content (AvgIpc) is 3.09. The number of aromatic nitrogens is 1. The normalized spacial score (nSPS) is 26.6. The number of carbonyl (C=O) groups is 1. The van der Waals surface area contributed by atoms with Gasteiger partial charge in [0.1, 0.15) is 0 Å². The average molecular weight is 334 g/mol. The molecule has 23 heavy (non-hydrogen) atoms. The highest BCUT2D eigenvalue weighted by Crippen LogP contribution is 2.44. The lowest BCUT2D eigenvalue weighted by atomic mass is 9.67. The standard InChI is InChI=1S/C18H23N3O.ClH/c1-12-8-13-9-15(5-6-16(13)20-12)21-17(22)18-7-3-2-4-14(18)10-19-11-18;/h5-6,8-9,14,19-20H,2-4,7,10-11H2,1H3,(H,21,22);1H/t14-,18+;/m0./s1. The van der Waals surface area contributed by atoms with Gasteiger partial charge < -0.3 is 15.6 Å². The largest absolute Gasteiger partial charge is 0.359 e. The first-order valence-electron chi connectivity index (χ1n) is 8.29. The van der Waals surface area contributed by atoms with Gasteiger partial charge in [-0.15, -0.1) is 12.4 Å². The number of rotatable bonds is 2. The van der Waals surface area contributed by atoms with E-state index in [9.17, 15) is 4.79 Å². The first kappa shape index (κ1) is 16.3. The van der Waals surface area contributed by atoms with Crippen LogP contribution in [0.2, 0.25) is 0 Å². The van der Waals surface area contributed by atoms with Crippen LogP contribution in [-0.4, -0.2) is 24.0 Å². The Morgan fingerprint density at radius 1 is 1.30 bits per heavy atom. The van der Waals surface area contributed by atoms with E-state index in [-0.39, 0.29) is 23.7 Å². The fraction of sp³-hybridized carbons (Fsp3) is 0.500. The first-order valence-corrected chi connectivity index (χ1v) is 8.29. The van der Waals surface area contributed by atoms with Gasteiger partial charge in [-0.1, -0.05) is 12.8 Å². The summed E-state index contributed by atoms with van der Waals surface area (Å²) in [4.78, 5) is 16.3. The molecule has 2 aliphatic rings. The maximum Gasteiger partial charge on any atom is 0.232 e. The van der Waals surface area contributed by atoms with Crippen molar-refractivity contribution in [2.24, 2.45) is 11.3 Å². The van der Waals surface area contributed by atoms with Crippen LogP contribution in [0.15, 0.2) is 24.3 Å². The Kier molecular flexibility index (Phi) is 4.39. The van der Waals surface area contributed by atoms with Gasteiger partial charge in [0.25, 0.3) is 0 Å². The van der Waals surface area contributed by atoms with Gasteiger partial charge in [0.2, 0.25) is 5.91 Å². The number of nitrogens with one attached hydrogen (secondary N) is 3. The van der Waals surface area contributed by atoms with E-state index in [2.05, 4.69) is 27.8 Å². The van der Waals surface area contributed by atoms with Crippen LogP contribution in [0.5, 0.6) is 0 Å². The Hall–Kier alpha value is -1.52. The number of carbonyl (C=O) groups excluding carboxylic acids is 1. The fourth-order valence-corrected chi connectivity index (χ4v) is 4.30. The van der Waals surface area contributed by atoms with Gasteiger partial charge in [0, 0.05) is 28.8 Å². The highest BCUT2D eigenvalue weighted by molar-refractivity contribution is 5.98. The van der Waals surface area contributed by atoms with Gasteiger partial charge >= 0.3 is 0 Å². The zero-order valence-corrected chi connectivity index (χ0v) is 14.3. The van der Waals surface area contributed by atoms with Crippen molar-refractivity contribution >= 4 is 34.9 Å². The number of aromatic amines is 1. The van der Waals surface area contributed by atoms with E-state index in [0.29, 0.717) is 5.92 Å². The summed E-state index contributed by atoms with van der Waals surface area (Å²) >= 11 is 0. The van der Waals surface area contributed by atoms with E-state index in [1.807, 2.05) is 19.1 Å². The van der Waals surface area contributed by atoms with Crippen LogP contribution in [0, 0.1) is 18.3 Å². The highest BCUT2D eigenvalue weighted by atomic mass is 35.5. The number of benzene rings is 1. The van der Waals surface area contributed by atoms with E-state index in [1.54, 1.807) is 0 Å². The number of anilines is 1. The number of amides is 1. The highest BCUT2D eigenvalue weighted by Gasteiger charge is 2.49. The molecule has 124 valence electrons. The third-order valence-corrected chi connectivity index (χ3v) is 5.50. The SMILES string of the molecule is Cc1cc2cc(NC(=O)[C@@]34CCCC[C@H]3CNC4)ccc2[nH]1.Cl. The van der Waals surface area contributed by atoms with E-state index < -0.39 is 0 Å². The van der Waals surface area contributed by atoms with Crippen molar-refractivity contribution in [1.29, 1.82) is 0 Å². The Labute approximate surface area is 142 Å². The summed E-state index contributed by atoms with van der Waals surface area (Å²) in [5, 5.41) is 7.77. The number of aryl methyl sites for hydroxylation is 1. The Balaban J connectivity index is 0.00000156. The molecule has 4 nitrogen and oxygen atoms in total. The summed E-state index contributed by atoms with van der Waals surface area (Å²) in [6.07, 6.45) is 4.62. The summed E-state index contributed by atoms with van der Waals surface area (Å²) < 4.78 is 0. The first-order chi connectivity index (χ1) is 10.7. The molecule has 2 aromatic rings. The summed E-state index contributed by atoms with van der Waals surface area (Å²) in [5.41, 5.74) is 2.97. The lowest BCUT2D eigenvalue weighted by Crippen LogP contribution is -2.44. The molecule has 0 spiro atoms. The number of halogens is 1. The van der Waals surface area contributed by atoms with Gasteiger partial charge in [0.05, 0.1) is 5.41 Å². The van der Waals surface area contributed by atoms with Crippen molar-refractivity contribution in [3.05, 3.63) is 30.0 Å². The van der Waals surface area contributed by atoms with E-state index in [0.717, 1.165) is 41.8 Å². The Morgan fingerprint density at radius 2 is 2.17 bits per heavy atom. The number of hydrogen-bond acceptors (Lipinski definition) is 2. The van der Waals surface area contributed by atoms with Crippen LogP contribution in [-0.2, 0) is 4.79 Å². The second-order valence-corrected chi connectivity index (χ2v) is 6.94. The van der Waals surface area contributed by atoms with Gasteiger partial charge in [0.15, 0.2) is 0 Å². The zero-order valence-electron chi connectivity index (χ0n) is 13.4. The van der Waals surface area contributed by atoms with E-state index in [1.165, 1.54) is 19.3 Å². The Bertz CT molecular complexity index is 726. The minimum Gasteiger partial charge on any atom is -0.359 e. The molecule has 2 heterocycles. The van der Waals surface area contributed by atoms with Crippen LogP contribution in [0.3, 0.4) is 0 Å². The molecule has 1 aromatic heterocycles. The minimum atomic E-state index is -0.193. The molecule has 0 unspecified atom stereocenters. The lowest BCUT2D eigenvalue weighted by Gasteiger charge is -2.37. The molecule has 1 aliphatic heterocycles. The maximum atomic E-state index is 13.0. The maximum absolute atomic E-state index is 13.0. The van der Waals surface area contributed by atoms with Gasteiger partial charge in [-0.2, -0.15) is 0 Å². The van der Waals surface area contributed by atoms with Gasteiger partial charge in [-0.3, -0.25) is 4.79 Å². The summed E-state index contributed by atoms with van der Waals surface area (Å²) in [6, 6.07) is 8.21. The smallest absolute Gasteiger partial charge is 0.232 e. The molecule has 1 aromatic carbocycles.